The highest BCUT2D eigenvalue weighted by Crippen LogP contribution is 2.19. The molecule has 1 unspecified atom stereocenters. The van der Waals surface area contributed by atoms with Crippen molar-refractivity contribution >= 4 is 18.3 Å². The number of methoxy groups -OCH3 is 1. The van der Waals surface area contributed by atoms with E-state index in [4.69, 9.17) is 4.74 Å². The fourth-order valence-corrected chi connectivity index (χ4v) is 2.33. The Morgan fingerprint density at radius 2 is 2.37 bits per heavy atom. The lowest BCUT2D eigenvalue weighted by Gasteiger charge is -2.22. The molecule has 2 atom stereocenters. The summed E-state index contributed by atoms with van der Waals surface area (Å²) in [4.78, 5) is 14.3. The Bertz CT molecular complexity index is 424. The molecule has 1 aliphatic heterocycles. The molecule has 1 fully saturated rings. The average molecular weight is 289 g/mol. The highest BCUT2D eigenvalue weighted by Gasteiger charge is 2.31. The highest BCUT2D eigenvalue weighted by molar-refractivity contribution is 5.85. The first kappa shape index (κ1) is 15.9. The molecule has 0 bridgehead atoms. The minimum Gasteiger partial charge on any atom is -0.380 e. The molecule has 1 amide bonds. The van der Waals surface area contributed by atoms with Crippen LogP contribution >= 0.6 is 12.4 Å². The molecule has 0 aromatic carbocycles. The molecule has 1 aromatic rings. The molecule has 2 heterocycles. The van der Waals surface area contributed by atoms with Crippen LogP contribution in [0.25, 0.3) is 0 Å². The van der Waals surface area contributed by atoms with Crippen LogP contribution in [-0.4, -0.2) is 53.9 Å². The summed E-state index contributed by atoms with van der Waals surface area (Å²) >= 11 is 0. The SMILES string of the molecule is CNC(C(=O)N1CC[C@@H](OC)C1)c1cnn(C)c1.Cl. The Morgan fingerprint density at radius 3 is 2.84 bits per heavy atom. The molecular formula is C12H21ClN4O2. The first-order valence-electron chi connectivity index (χ1n) is 6.13. The molecule has 1 aliphatic rings. The third-order valence-electron chi connectivity index (χ3n) is 3.38. The number of hydrogen-bond donors (Lipinski definition) is 1. The summed E-state index contributed by atoms with van der Waals surface area (Å²) < 4.78 is 6.99. The summed E-state index contributed by atoms with van der Waals surface area (Å²) in [6.07, 6.45) is 4.66. The molecule has 7 heteroatoms. The number of nitrogens with zero attached hydrogens (tertiary/aromatic N) is 3. The number of likely N-dealkylation sites (tertiary alicyclic amines) is 1. The number of amides is 1. The number of carbonyl (C=O) groups excluding carboxylic acids is 1. The maximum absolute atomic E-state index is 12.4. The van der Waals surface area contributed by atoms with Gasteiger partial charge < -0.3 is 15.0 Å². The van der Waals surface area contributed by atoms with Crippen LogP contribution in [0.1, 0.15) is 18.0 Å². The monoisotopic (exact) mass is 288 g/mol. The topological polar surface area (TPSA) is 59.4 Å². The summed E-state index contributed by atoms with van der Waals surface area (Å²) in [6, 6.07) is -0.325. The van der Waals surface area contributed by atoms with Gasteiger partial charge in [-0.15, -0.1) is 12.4 Å². The van der Waals surface area contributed by atoms with Crippen molar-refractivity contribution in [2.45, 2.75) is 18.6 Å². The second-order valence-electron chi connectivity index (χ2n) is 4.60. The molecule has 1 N–H and O–H groups in total. The molecule has 6 nitrogen and oxygen atoms in total. The standard InChI is InChI=1S/C12H20N4O2.ClH/c1-13-11(9-6-14-15(2)7-9)12(17)16-5-4-10(8-16)18-3;/h6-7,10-11,13H,4-5,8H2,1-3H3;1H/t10-,11?;/m1./s1. The van der Waals surface area contributed by atoms with Crippen LogP contribution in [-0.2, 0) is 16.6 Å². The molecule has 1 aromatic heterocycles. The third kappa shape index (κ3) is 3.46. The van der Waals surface area contributed by atoms with Gasteiger partial charge in [0.05, 0.1) is 12.3 Å². The predicted molar refractivity (Wildman–Crippen MR) is 74.3 cm³/mol. The summed E-state index contributed by atoms with van der Waals surface area (Å²) in [5.74, 6) is 0.0880. The number of carbonyl (C=O) groups is 1. The fourth-order valence-electron chi connectivity index (χ4n) is 2.33. The van der Waals surface area contributed by atoms with Crippen molar-refractivity contribution in [2.75, 3.05) is 27.2 Å². The van der Waals surface area contributed by atoms with Crippen LogP contribution in [0, 0.1) is 0 Å². The van der Waals surface area contributed by atoms with Crippen molar-refractivity contribution in [3.8, 4) is 0 Å². The van der Waals surface area contributed by atoms with Gasteiger partial charge in [-0.1, -0.05) is 0 Å². The molecule has 2 rings (SSSR count). The minimum absolute atomic E-state index is 0. The predicted octanol–water partition coefficient (Wildman–Crippen LogP) is 0.350. The van der Waals surface area contributed by atoms with Gasteiger partial charge in [0.15, 0.2) is 0 Å². The third-order valence-corrected chi connectivity index (χ3v) is 3.38. The van der Waals surface area contributed by atoms with E-state index in [1.165, 1.54) is 0 Å². The van der Waals surface area contributed by atoms with Crippen molar-refractivity contribution in [2.24, 2.45) is 7.05 Å². The number of halogens is 1. The zero-order valence-electron chi connectivity index (χ0n) is 11.5. The van der Waals surface area contributed by atoms with Crippen LogP contribution in [0.15, 0.2) is 12.4 Å². The van der Waals surface area contributed by atoms with Crippen LogP contribution in [0.2, 0.25) is 0 Å². The first-order chi connectivity index (χ1) is 8.65. The summed E-state index contributed by atoms with van der Waals surface area (Å²) in [6.45, 7) is 1.43. The van der Waals surface area contributed by atoms with E-state index >= 15 is 0 Å². The van der Waals surface area contributed by atoms with E-state index in [-0.39, 0.29) is 30.5 Å². The zero-order chi connectivity index (χ0) is 13.1. The van der Waals surface area contributed by atoms with Gasteiger partial charge in [-0.2, -0.15) is 5.10 Å². The Labute approximate surface area is 119 Å². The molecule has 108 valence electrons. The molecule has 0 radical (unpaired) electrons. The Hall–Kier alpha value is -1.11. The van der Waals surface area contributed by atoms with Crippen molar-refractivity contribution in [1.29, 1.82) is 0 Å². The van der Waals surface area contributed by atoms with Crippen LogP contribution in [0.5, 0.6) is 0 Å². The van der Waals surface area contributed by atoms with Crippen molar-refractivity contribution in [3.05, 3.63) is 18.0 Å². The number of nitrogens with one attached hydrogen (secondary N) is 1. The Kier molecular flexibility index (Phi) is 5.78. The van der Waals surface area contributed by atoms with Gasteiger partial charge in [0, 0.05) is 39.0 Å². The average Bonchev–Trinajstić information content (AvgIpc) is 2.99. The van der Waals surface area contributed by atoms with E-state index in [1.807, 2.05) is 18.1 Å². The van der Waals surface area contributed by atoms with Gasteiger partial charge in [0.25, 0.3) is 0 Å². The normalized spacial score (nSPS) is 20.2. The molecule has 0 saturated carbocycles. The van der Waals surface area contributed by atoms with Gasteiger partial charge in [0.2, 0.25) is 5.91 Å². The minimum atomic E-state index is -0.325. The number of hydrogen-bond acceptors (Lipinski definition) is 4. The molecule has 0 aliphatic carbocycles. The van der Waals surface area contributed by atoms with Crippen LogP contribution in [0.3, 0.4) is 0 Å². The largest absolute Gasteiger partial charge is 0.380 e. The van der Waals surface area contributed by atoms with Crippen molar-refractivity contribution < 1.29 is 9.53 Å². The summed E-state index contributed by atoms with van der Waals surface area (Å²) in [5.41, 5.74) is 0.894. The molecule has 1 saturated heterocycles. The van der Waals surface area contributed by atoms with Gasteiger partial charge in [-0.05, 0) is 13.5 Å². The quantitative estimate of drug-likeness (QED) is 0.869. The van der Waals surface area contributed by atoms with Crippen LogP contribution < -0.4 is 5.32 Å². The second-order valence-corrected chi connectivity index (χ2v) is 4.60. The lowest BCUT2D eigenvalue weighted by molar-refractivity contribution is -0.132. The number of aromatic nitrogens is 2. The second kappa shape index (κ2) is 6.88. The van der Waals surface area contributed by atoms with Gasteiger partial charge in [-0.25, -0.2) is 0 Å². The van der Waals surface area contributed by atoms with E-state index in [0.717, 1.165) is 18.5 Å². The van der Waals surface area contributed by atoms with E-state index in [1.54, 1.807) is 25.0 Å². The fraction of sp³-hybridized carbons (Fsp3) is 0.667. The maximum atomic E-state index is 12.4. The van der Waals surface area contributed by atoms with Gasteiger partial charge in [-0.3, -0.25) is 9.48 Å². The van der Waals surface area contributed by atoms with Gasteiger partial charge >= 0.3 is 0 Å². The highest BCUT2D eigenvalue weighted by atomic mass is 35.5. The Morgan fingerprint density at radius 1 is 1.63 bits per heavy atom. The lowest BCUT2D eigenvalue weighted by atomic mass is 10.1. The summed E-state index contributed by atoms with van der Waals surface area (Å²) in [7, 11) is 5.33. The van der Waals surface area contributed by atoms with E-state index in [9.17, 15) is 4.79 Å². The van der Waals surface area contributed by atoms with E-state index in [0.29, 0.717) is 6.54 Å². The number of rotatable bonds is 4. The van der Waals surface area contributed by atoms with Gasteiger partial charge in [0.1, 0.15) is 6.04 Å². The Balaban J connectivity index is 0.00000180. The zero-order valence-corrected chi connectivity index (χ0v) is 12.3. The molecule has 19 heavy (non-hydrogen) atoms. The smallest absolute Gasteiger partial charge is 0.244 e. The number of ether oxygens (including phenoxy) is 1. The van der Waals surface area contributed by atoms with E-state index < -0.39 is 0 Å². The van der Waals surface area contributed by atoms with E-state index in [2.05, 4.69) is 10.4 Å². The molecular weight excluding hydrogens is 268 g/mol. The number of aryl methyl sites for hydroxylation is 1. The number of likely N-dealkylation sites (N-methyl/N-ethyl adjacent to an activating group) is 1. The maximum Gasteiger partial charge on any atom is 0.244 e. The van der Waals surface area contributed by atoms with Crippen molar-refractivity contribution in [3.63, 3.8) is 0 Å². The summed E-state index contributed by atoms with van der Waals surface area (Å²) in [5, 5.41) is 7.16. The molecule has 0 spiro atoms. The van der Waals surface area contributed by atoms with Crippen molar-refractivity contribution in [1.82, 2.24) is 20.0 Å². The lowest BCUT2D eigenvalue weighted by Crippen LogP contribution is -2.39. The van der Waals surface area contributed by atoms with Crippen LogP contribution in [0.4, 0.5) is 0 Å². The first-order valence-corrected chi connectivity index (χ1v) is 6.13.